The Bertz CT molecular complexity index is 1030. The number of primary amides is 1. The van der Waals surface area contributed by atoms with E-state index in [-0.39, 0.29) is 12.8 Å². The monoisotopic (exact) mass is 400 g/mol. The van der Waals surface area contributed by atoms with Crippen LogP contribution >= 0.6 is 0 Å². The zero-order valence-corrected chi connectivity index (χ0v) is 15.4. The topological polar surface area (TPSA) is 72.2 Å². The van der Waals surface area contributed by atoms with E-state index < -0.39 is 29.6 Å². The lowest BCUT2D eigenvalue weighted by Crippen LogP contribution is -2.46. The lowest BCUT2D eigenvalue weighted by atomic mass is 10.0. The van der Waals surface area contributed by atoms with Crippen LogP contribution in [0.25, 0.3) is 10.8 Å². The van der Waals surface area contributed by atoms with Crippen molar-refractivity contribution in [1.29, 1.82) is 0 Å². The van der Waals surface area contributed by atoms with Gasteiger partial charge in [0.1, 0.15) is 6.04 Å². The first kappa shape index (κ1) is 20.4. The second-order valence-electron chi connectivity index (χ2n) is 6.78. The molecule has 3 rings (SSSR count). The maximum Gasteiger partial charge on any atom is 0.416 e. The fourth-order valence-corrected chi connectivity index (χ4v) is 3.07. The molecule has 0 bridgehead atoms. The van der Waals surface area contributed by atoms with Gasteiger partial charge in [0.2, 0.25) is 11.8 Å². The molecule has 4 nitrogen and oxygen atoms in total. The number of halogens is 3. The second-order valence-corrected chi connectivity index (χ2v) is 6.78. The van der Waals surface area contributed by atoms with Gasteiger partial charge in [-0.3, -0.25) is 9.59 Å². The van der Waals surface area contributed by atoms with E-state index in [4.69, 9.17) is 5.73 Å². The summed E-state index contributed by atoms with van der Waals surface area (Å²) in [5, 5.41) is 4.62. The van der Waals surface area contributed by atoms with E-state index in [1.807, 2.05) is 42.5 Å². The van der Waals surface area contributed by atoms with E-state index in [0.717, 1.165) is 28.5 Å². The number of fused-ring (bicyclic) bond motifs is 1. The van der Waals surface area contributed by atoms with Crippen LogP contribution in [0.5, 0.6) is 0 Å². The van der Waals surface area contributed by atoms with Gasteiger partial charge in [-0.05, 0) is 34.0 Å². The first-order valence-corrected chi connectivity index (χ1v) is 8.95. The molecule has 150 valence electrons. The minimum Gasteiger partial charge on any atom is -0.368 e. The fraction of sp³-hybridized carbons (Fsp3) is 0.182. The minimum absolute atomic E-state index is 0.0108. The van der Waals surface area contributed by atoms with Crippen LogP contribution in [0.1, 0.15) is 16.7 Å². The molecule has 0 aliphatic rings. The average molecular weight is 400 g/mol. The van der Waals surface area contributed by atoms with Crippen molar-refractivity contribution in [2.75, 3.05) is 0 Å². The molecule has 0 heterocycles. The van der Waals surface area contributed by atoms with E-state index in [0.29, 0.717) is 5.56 Å². The molecule has 0 saturated carbocycles. The highest BCUT2D eigenvalue weighted by atomic mass is 19.4. The molecule has 0 spiro atoms. The number of alkyl halides is 3. The highest BCUT2D eigenvalue weighted by Crippen LogP contribution is 2.29. The summed E-state index contributed by atoms with van der Waals surface area (Å²) in [6.45, 7) is 0. The molecule has 3 aromatic carbocycles. The fourth-order valence-electron chi connectivity index (χ4n) is 3.07. The van der Waals surface area contributed by atoms with E-state index >= 15 is 0 Å². The highest BCUT2D eigenvalue weighted by Gasteiger charge is 2.30. The second kappa shape index (κ2) is 8.34. The SMILES string of the molecule is NC(=O)[C@@H](Cc1ccc(C(F)(F)F)cc1)NC(=O)Cc1ccc2ccccc2c1. The third-order valence-corrected chi connectivity index (χ3v) is 4.58. The Morgan fingerprint density at radius 2 is 1.52 bits per heavy atom. The van der Waals surface area contributed by atoms with Crippen LogP contribution in [0, 0.1) is 0 Å². The molecule has 3 N–H and O–H groups in total. The Kier molecular flexibility index (Phi) is 5.87. The molecule has 0 aliphatic heterocycles. The molecular weight excluding hydrogens is 381 g/mol. The van der Waals surface area contributed by atoms with Crippen LogP contribution in [0.3, 0.4) is 0 Å². The van der Waals surface area contributed by atoms with Gasteiger partial charge in [-0.25, -0.2) is 0 Å². The molecule has 29 heavy (non-hydrogen) atoms. The number of hydrogen-bond acceptors (Lipinski definition) is 2. The molecular formula is C22H19F3N2O2. The normalized spacial score (nSPS) is 12.5. The number of benzene rings is 3. The summed E-state index contributed by atoms with van der Waals surface area (Å²) in [6.07, 6.45) is -4.37. The number of nitrogens with two attached hydrogens (primary N) is 1. The van der Waals surface area contributed by atoms with Crippen LogP contribution in [-0.4, -0.2) is 17.9 Å². The number of nitrogens with one attached hydrogen (secondary N) is 1. The van der Waals surface area contributed by atoms with Crippen molar-refractivity contribution >= 4 is 22.6 Å². The maximum atomic E-state index is 12.7. The van der Waals surface area contributed by atoms with Crippen molar-refractivity contribution < 1.29 is 22.8 Å². The van der Waals surface area contributed by atoms with Crippen molar-refractivity contribution in [3.05, 3.63) is 83.4 Å². The van der Waals surface area contributed by atoms with Gasteiger partial charge in [0.25, 0.3) is 0 Å². The lowest BCUT2D eigenvalue weighted by Gasteiger charge is -2.16. The summed E-state index contributed by atoms with van der Waals surface area (Å²) in [6, 6.07) is 16.8. The summed E-state index contributed by atoms with van der Waals surface area (Å²) in [5.41, 5.74) is 5.83. The predicted molar refractivity (Wildman–Crippen MR) is 104 cm³/mol. The van der Waals surface area contributed by atoms with Crippen LogP contribution in [0.4, 0.5) is 13.2 Å². The van der Waals surface area contributed by atoms with Crippen molar-refractivity contribution in [3.63, 3.8) is 0 Å². The Balaban J connectivity index is 1.66. The summed E-state index contributed by atoms with van der Waals surface area (Å²) >= 11 is 0. The van der Waals surface area contributed by atoms with Crippen LogP contribution < -0.4 is 11.1 Å². The van der Waals surface area contributed by atoms with Gasteiger partial charge in [-0.2, -0.15) is 13.2 Å². The summed E-state index contributed by atoms with van der Waals surface area (Å²) in [5.74, 6) is -1.15. The van der Waals surface area contributed by atoms with Crippen molar-refractivity contribution in [1.82, 2.24) is 5.32 Å². The van der Waals surface area contributed by atoms with E-state index in [1.54, 1.807) is 0 Å². The Morgan fingerprint density at radius 1 is 0.897 bits per heavy atom. The molecule has 0 fully saturated rings. The first-order chi connectivity index (χ1) is 13.7. The van der Waals surface area contributed by atoms with Crippen LogP contribution in [0.15, 0.2) is 66.7 Å². The standard InChI is InChI=1S/C22H19F3N2O2/c23-22(24,25)18-9-6-14(7-10-18)12-19(21(26)29)27-20(28)13-15-5-8-16-3-1-2-4-17(16)11-15/h1-11,19H,12-13H2,(H2,26,29)(H,27,28)/t19-/m1/s1. The predicted octanol–water partition coefficient (Wildman–Crippen LogP) is 3.61. The number of carbonyl (C=O) groups is 2. The number of amides is 2. The van der Waals surface area contributed by atoms with Gasteiger partial charge >= 0.3 is 6.18 Å². The smallest absolute Gasteiger partial charge is 0.368 e. The van der Waals surface area contributed by atoms with Crippen LogP contribution in [-0.2, 0) is 28.6 Å². The Morgan fingerprint density at radius 3 is 2.14 bits per heavy atom. The third kappa shape index (κ3) is 5.34. The molecule has 0 saturated heterocycles. The molecule has 0 radical (unpaired) electrons. The summed E-state index contributed by atoms with van der Waals surface area (Å²) in [7, 11) is 0. The van der Waals surface area contributed by atoms with E-state index in [2.05, 4.69) is 5.32 Å². The molecule has 0 unspecified atom stereocenters. The van der Waals surface area contributed by atoms with E-state index in [9.17, 15) is 22.8 Å². The third-order valence-electron chi connectivity index (χ3n) is 4.58. The molecule has 0 aliphatic carbocycles. The molecule has 2 amide bonds. The van der Waals surface area contributed by atoms with Crippen LogP contribution in [0.2, 0.25) is 0 Å². The first-order valence-electron chi connectivity index (χ1n) is 8.95. The minimum atomic E-state index is -4.43. The van der Waals surface area contributed by atoms with Gasteiger partial charge in [0, 0.05) is 6.42 Å². The van der Waals surface area contributed by atoms with Gasteiger partial charge in [-0.1, -0.05) is 54.6 Å². The van der Waals surface area contributed by atoms with Crippen molar-refractivity contribution in [3.8, 4) is 0 Å². The molecule has 1 atom stereocenters. The number of rotatable bonds is 6. The Labute approximate surface area is 165 Å². The highest BCUT2D eigenvalue weighted by molar-refractivity contribution is 5.89. The quantitative estimate of drug-likeness (QED) is 0.664. The van der Waals surface area contributed by atoms with Crippen molar-refractivity contribution in [2.45, 2.75) is 25.1 Å². The largest absolute Gasteiger partial charge is 0.416 e. The van der Waals surface area contributed by atoms with E-state index in [1.165, 1.54) is 12.1 Å². The molecule has 7 heteroatoms. The molecule has 0 aromatic heterocycles. The Hall–Kier alpha value is -3.35. The number of carbonyl (C=O) groups excluding carboxylic acids is 2. The van der Waals surface area contributed by atoms with Gasteiger partial charge in [0.15, 0.2) is 0 Å². The lowest BCUT2D eigenvalue weighted by molar-refractivity contribution is -0.137. The number of hydrogen-bond donors (Lipinski definition) is 2. The zero-order valence-electron chi connectivity index (χ0n) is 15.4. The zero-order chi connectivity index (χ0) is 21.0. The van der Waals surface area contributed by atoms with Gasteiger partial charge in [-0.15, -0.1) is 0 Å². The van der Waals surface area contributed by atoms with Gasteiger partial charge < -0.3 is 11.1 Å². The van der Waals surface area contributed by atoms with Crippen molar-refractivity contribution in [2.24, 2.45) is 5.73 Å². The summed E-state index contributed by atoms with van der Waals surface area (Å²) < 4.78 is 38.0. The average Bonchev–Trinajstić information content (AvgIpc) is 2.67. The summed E-state index contributed by atoms with van der Waals surface area (Å²) in [4.78, 5) is 24.1. The maximum absolute atomic E-state index is 12.7. The molecule has 3 aromatic rings. The van der Waals surface area contributed by atoms with Gasteiger partial charge in [0.05, 0.1) is 12.0 Å².